The van der Waals surface area contributed by atoms with Crippen molar-refractivity contribution >= 4 is 29.3 Å². The van der Waals surface area contributed by atoms with Crippen molar-refractivity contribution in [2.24, 2.45) is 0 Å². The van der Waals surface area contributed by atoms with Gasteiger partial charge in [0.25, 0.3) is 11.9 Å². The first-order valence-electron chi connectivity index (χ1n) is 11.7. The number of benzene rings is 2. The molecule has 3 amide bonds. The van der Waals surface area contributed by atoms with Gasteiger partial charge in [0.05, 0.1) is 12.3 Å². The van der Waals surface area contributed by atoms with Gasteiger partial charge < -0.3 is 25.1 Å². The van der Waals surface area contributed by atoms with Crippen LogP contribution in [0.5, 0.6) is 5.75 Å². The van der Waals surface area contributed by atoms with Crippen LogP contribution >= 0.6 is 0 Å². The topological polar surface area (TPSA) is 109 Å². The predicted octanol–water partition coefficient (Wildman–Crippen LogP) is 4.85. The molecule has 1 aromatic heterocycles. The van der Waals surface area contributed by atoms with E-state index in [-0.39, 0.29) is 24.1 Å². The molecule has 0 saturated carbocycles. The molecular formula is C26H31N5O4. The molecule has 184 valence electrons. The van der Waals surface area contributed by atoms with Gasteiger partial charge in [0.15, 0.2) is 5.76 Å². The summed E-state index contributed by atoms with van der Waals surface area (Å²) < 4.78 is 11.9. The zero-order valence-corrected chi connectivity index (χ0v) is 20.6. The first-order chi connectivity index (χ1) is 16.7. The predicted molar refractivity (Wildman–Crippen MR) is 136 cm³/mol. The lowest BCUT2D eigenvalue weighted by Crippen LogP contribution is -2.30. The summed E-state index contributed by atoms with van der Waals surface area (Å²) in [5, 5.41) is 8.89. The number of hydrogen-bond acceptors (Lipinski definition) is 6. The van der Waals surface area contributed by atoms with E-state index in [1.807, 2.05) is 58.9 Å². The lowest BCUT2D eigenvalue weighted by Gasteiger charge is -2.18. The Bertz CT molecular complexity index is 1230. The minimum atomic E-state index is -0.144. The molecule has 9 nitrogen and oxygen atoms in total. The van der Waals surface area contributed by atoms with Crippen LogP contribution in [0.2, 0.25) is 0 Å². The molecule has 2 aromatic carbocycles. The first-order valence-corrected chi connectivity index (χ1v) is 11.7. The van der Waals surface area contributed by atoms with Crippen LogP contribution in [0.4, 0.5) is 22.2 Å². The van der Waals surface area contributed by atoms with Crippen molar-refractivity contribution in [3.8, 4) is 17.1 Å². The SMILES string of the molecule is Cc1ccc(C(=O)NC(C)C)cc1Nc1ncc(-c2cc(OC(C)C)cc(N3CCNC3=O)c2)o1. The van der Waals surface area contributed by atoms with Gasteiger partial charge in [-0.15, -0.1) is 0 Å². The number of nitrogens with one attached hydrogen (secondary N) is 3. The van der Waals surface area contributed by atoms with Crippen molar-refractivity contribution in [1.82, 2.24) is 15.6 Å². The molecule has 9 heteroatoms. The average molecular weight is 478 g/mol. The summed E-state index contributed by atoms with van der Waals surface area (Å²) >= 11 is 0. The molecule has 1 aliphatic heterocycles. The normalized spacial score (nSPS) is 13.3. The lowest BCUT2D eigenvalue weighted by molar-refractivity contribution is 0.0943. The Balaban J connectivity index is 1.61. The molecule has 3 N–H and O–H groups in total. The highest BCUT2D eigenvalue weighted by molar-refractivity contribution is 5.96. The lowest BCUT2D eigenvalue weighted by atomic mass is 10.1. The van der Waals surface area contributed by atoms with Gasteiger partial charge in [-0.1, -0.05) is 6.07 Å². The largest absolute Gasteiger partial charge is 0.491 e. The fraction of sp³-hybridized carbons (Fsp3) is 0.346. The van der Waals surface area contributed by atoms with E-state index in [0.29, 0.717) is 36.2 Å². The van der Waals surface area contributed by atoms with E-state index in [4.69, 9.17) is 9.15 Å². The number of hydrogen-bond donors (Lipinski definition) is 3. The maximum Gasteiger partial charge on any atom is 0.321 e. The van der Waals surface area contributed by atoms with Crippen LogP contribution in [0.15, 0.2) is 47.0 Å². The molecule has 1 fully saturated rings. The Morgan fingerprint density at radius 3 is 2.66 bits per heavy atom. The van der Waals surface area contributed by atoms with Crippen molar-refractivity contribution in [2.75, 3.05) is 23.3 Å². The highest BCUT2D eigenvalue weighted by Crippen LogP contribution is 2.33. The Kier molecular flexibility index (Phi) is 6.95. The number of oxazole rings is 1. The smallest absolute Gasteiger partial charge is 0.321 e. The van der Waals surface area contributed by atoms with E-state index >= 15 is 0 Å². The van der Waals surface area contributed by atoms with Gasteiger partial charge >= 0.3 is 6.03 Å². The van der Waals surface area contributed by atoms with Crippen molar-refractivity contribution in [2.45, 2.75) is 46.8 Å². The maximum absolute atomic E-state index is 12.4. The molecular weight excluding hydrogens is 446 g/mol. The van der Waals surface area contributed by atoms with Crippen LogP contribution in [0.1, 0.15) is 43.6 Å². The van der Waals surface area contributed by atoms with E-state index < -0.39 is 0 Å². The Morgan fingerprint density at radius 1 is 1.17 bits per heavy atom. The number of urea groups is 1. The Hall–Kier alpha value is -4.01. The van der Waals surface area contributed by atoms with Gasteiger partial charge in [-0.2, -0.15) is 0 Å². The maximum atomic E-state index is 12.4. The number of aryl methyl sites for hydroxylation is 1. The second-order valence-electron chi connectivity index (χ2n) is 9.08. The number of carbonyl (C=O) groups excluding carboxylic acids is 2. The van der Waals surface area contributed by atoms with Crippen LogP contribution in [0.25, 0.3) is 11.3 Å². The van der Waals surface area contributed by atoms with Crippen molar-refractivity contribution in [1.29, 1.82) is 0 Å². The monoisotopic (exact) mass is 477 g/mol. The van der Waals surface area contributed by atoms with Gasteiger partial charge in [-0.05, 0) is 64.4 Å². The van der Waals surface area contributed by atoms with E-state index in [0.717, 1.165) is 22.5 Å². The van der Waals surface area contributed by atoms with E-state index in [1.54, 1.807) is 23.2 Å². The molecule has 4 rings (SSSR count). The van der Waals surface area contributed by atoms with E-state index in [2.05, 4.69) is 20.9 Å². The van der Waals surface area contributed by atoms with Crippen LogP contribution in [0.3, 0.4) is 0 Å². The Morgan fingerprint density at radius 2 is 1.97 bits per heavy atom. The molecule has 0 atom stereocenters. The zero-order valence-electron chi connectivity index (χ0n) is 20.6. The molecule has 0 spiro atoms. The average Bonchev–Trinajstić information content (AvgIpc) is 3.43. The quantitative estimate of drug-likeness (QED) is 0.428. The molecule has 1 aliphatic rings. The minimum Gasteiger partial charge on any atom is -0.491 e. The summed E-state index contributed by atoms with van der Waals surface area (Å²) in [6, 6.07) is 11.2. The second-order valence-corrected chi connectivity index (χ2v) is 9.08. The van der Waals surface area contributed by atoms with E-state index in [1.165, 1.54) is 0 Å². The second kappa shape index (κ2) is 10.1. The fourth-order valence-electron chi connectivity index (χ4n) is 3.76. The highest BCUT2D eigenvalue weighted by atomic mass is 16.5. The van der Waals surface area contributed by atoms with Crippen LogP contribution < -0.4 is 25.6 Å². The van der Waals surface area contributed by atoms with Crippen molar-refractivity contribution < 1.29 is 18.7 Å². The third-order valence-corrected chi connectivity index (χ3v) is 5.38. The van der Waals surface area contributed by atoms with Crippen LogP contribution in [0, 0.1) is 6.92 Å². The molecule has 35 heavy (non-hydrogen) atoms. The Labute approximate surface area is 204 Å². The summed E-state index contributed by atoms with van der Waals surface area (Å²) in [5.74, 6) is 1.02. The summed E-state index contributed by atoms with van der Waals surface area (Å²) in [5.41, 5.74) is 3.67. The molecule has 1 saturated heterocycles. The summed E-state index contributed by atoms with van der Waals surface area (Å²) in [7, 11) is 0. The fourth-order valence-corrected chi connectivity index (χ4v) is 3.76. The van der Waals surface area contributed by atoms with Crippen molar-refractivity contribution in [3.05, 3.63) is 53.7 Å². The summed E-state index contributed by atoms with van der Waals surface area (Å²) in [4.78, 5) is 30.7. The van der Waals surface area contributed by atoms with Gasteiger partial charge in [-0.3, -0.25) is 9.69 Å². The molecule has 0 bridgehead atoms. The van der Waals surface area contributed by atoms with Gasteiger partial charge in [-0.25, -0.2) is 9.78 Å². The summed E-state index contributed by atoms with van der Waals surface area (Å²) in [6.07, 6.45) is 1.59. The number of ether oxygens (including phenoxy) is 1. The minimum absolute atomic E-state index is 0.0272. The molecule has 3 aromatic rings. The van der Waals surface area contributed by atoms with Crippen molar-refractivity contribution in [3.63, 3.8) is 0 Å². The zero-order chi connectivity index (χ0) is 25.1. The number of nitrogens with zero attached hydrogens (tertiary/aromatic N) is 2. The third-order valence-electron chi connectivity index (χ3n) is 5.38. The van der Waals surface area contributed by atoms with Gasteiger partial charge in [0.1, 0.15) is 5.75 Å². The molecule has 0 unspecified atom stereocenters. The summed E-state index contributed by atoms with van der Waals surface area (Å²) in [6.45, 7) is 10.8. The number of amides is 3. The molecule has 2 heterocycles. The number of anilines is 3. The van der Waals surface area contributed by atoms with Gasteiger partial charge in [0.2, 0.25) is 0 Å². The first kappa shape index (κ1) is 24.1. The molecule has 0 aliphatic carbocycles. The number of aromatic nitrogens is 1. The molecule has 0 radical (unpaired) electrons. The van der Waals surface area contributed by atoms with Gasteiger partial charge in [0, 0.05) is 47.7 Å². The van der Waals surface area contributed by atoms with Crippen LogP contribution in [-0.4, -0.2) is 42.2 Å². The third kappa shape index (κ3) is 5.74. The standard InChI is InChI=1S/C26H31N5O4/c1-15(2)29-24(32)18-7-6-17(5)22(12-18)30-25-28-14-23(35-25)19-10-20(31-9-8-27-26(31)33)13-21(11-19)34-16(3)4/h6-7,10-16H,8-9H2,1-5H3,(H,27,33)(H,28,30)(H,29,32). The number of carbonyl (C=O) groups is 2. The highest BCUT2D eigenvalue weighted by Gasteiger charge is 2.23. The van der Waals surface area contributed by atoms with Crippen LogP contribution in [-0.2, 0) is 0 Å². The van der Waals surface area contributed by atoms with E-state index in [9.17, 15) is 9.59 Å². The number of rotatable bonds is 8.